The second kappa shape index (κ2) is 9.06. The lowest BCUT2D eigenvalue weighted by molar-refractivity contribution is -0.113. The van der Waals surface area contributed by atoms with E-state index in [1.165, 1.54) is 5.56 Å². The van der Waals surface area contributed by atoms with Crippen molar-refractivity contribution >= 4 is 27.8 Å². The number of aryl methyl sites for hydroxylation is 1. The fourth-order valence-corrected chi connectivity index (χ4v) is 3.71. The molecule has 0 fully saturated rings. The molecule has 4 heteroatoms. The van der Waals surface area contributed by atoms with Crippen LogP contribution in [0.2, 0.25) is 0 Å². The molecular formula is C26H20BrNO2. The number of halogens is 1. The number of rotatable bonds is 6. The van der Waals surface area contributed by atoms with Crippen LogP contribution in [0.1, 0.15) is 16.7 Å². The highest BCUT2D eigenvalue weighted by atomic mass is 79.9. The summed E-state index contributed by atoms with van der Waals surface area (Å²) in [4.78, 5) is 16.6. The Bertz CT molecular complexity index is 1190. The molecule has 0 N–H and O–H groups in total. The smallest absolute Gasteiger partial charge is 0.225 e. The van der Waals surface area contributed by atoms with Crippen LogP contribution in [0.4, 0.5) is 0 Å². The van der Waals surface area contributed by atoms with Gasteiger partial charge < -0.3 is 4.42 Å². The van der Waals surface area contributed by atoms with Crippen molar-refractivity contribution in [3.05, 3.63) is 106 Å². The van der Waals surface area contributed by atoms with Gasteiger partial charge >= 0.3 is 0 Å². The number of hydrogen-bond acceptors (Lipinski definition) is 3. The van der Waals surface area contributed by atoms with Crippen LogP contribution in [0.25, 0.3) is 28.7 Å². The minimum Gasteiger partial charge on any atom is -0.445 e. The van der Waals surface area contributed by atoms with Crippen LogP contribution >= 0.6 is 15.9 Å². The third-order valence-electron chi connectivity index (χ3n) is 4.87. The predicted molar refractivity (Wildman–Crippen MR) is 124 cm³/mol. The van der Waals surface area contributed by atoms with Crippen molar-refractivity contribution in [2.24, 2.45) is 0 Å². The van der Waals surface area contributed by atoms with Crippen LogP contribution in [0.5, 0.6) is 0 Å². The van der Waals surface area contributed by atoms with Crippen molar-refractivity contribution in [2.45, 2.75) is 13.3 Å². The molecule has 1 heterocycles. The van der Waals surface area contributed by atoms with Gasteiger partial charge in [-0.25, -0.2) is 4.98 Å². The molecule has 4 rings (SSSR count). The molecule has 0 unspecified atom stereocenters. The Morgan fingerprint density at radius 2 is 1.83 bits per heavy atom. The zero-order valence-corrected chi connectivity index (χ0v) is 18.1. The van der Waals surface area contributed by atoms with Crippen molar-refractivity contribution in [3.8, 4) is 22.6 Å². The number of carbonyl (C=O) groups excluding carboxylic acids is 1. The standard InChI is InChI=1S/C26H20BrNO2/c1-18-5-9-22(26-28-13-14-30-26)17-25(18)21-10-6-20(7-11-21)16-24(29)12-8-19-3-2-4-23(27)15-19/h2-15,17H,16H2,1H3/b12-8+. The van der Waals surface area contributed by atoms with Gasteiger partial charge in [-0.3, -0.25) is 4.79 Å². The molecule has 0 radical (unpaired) electrons. The minimum absolute atomic E-state index is 0.0739. The molecule has 0 aliphatic carbocycles. The predicted octanol–water partition coefficient (Wildman–Crippen LogP) is 6.90. The zero-order chi connectivity index (χ0) is 20.9. The molecule has 0 atom stereocenters. The van der Waals surface area contributed by atoms with Gasteiger partial charge in [0, 0.05) is 16.5 Å². The average molecular weight is 458 g/mol. The summed E-state index contributed by atoms with van der Waals surface area (Å²) in [6.07, 6.45) is 7.08. The second-order valence-electron chi connectivity index (χ2n) is 7.10. The first kappa shape index (κ1) is 20.0. The second-order valence-corrected chi connectivity index (χ2v) is 8.01. The summed E-state index contributed by atoms with van der Waals surface area (Å²) in [7, 11) is 0. The number of ketones is 1. The molecule has 0 amide bonds. The topological polar surface area (TPSA) is 43.1 Å². The molecule has 4 aromatic rings. The maximum atomic E-state index is 12.3. The number of carbonyl (C=O) groups is 1. The Morgan fingerprint density at radius 3 is 2.57 bits per heavy atom. The molecule has 0 saturated carbocycles. The molecule has 0 bridgehead atoms. The van der Waals surface area contributed by atoms with Crippen LogP contribution in [0, 0.1) is 6.92 Å². The molecule has 3 nitrogen and oxygen atoms in total. The van der Waals surface area contributed by atoms with Gasteiger partial charge in [-0.15, -0.1) is 0 Å². The first-order valence-corrected chi connectivity index (χ1v) is 10.4. The lowest BCUT2D eigenvalue weighted by atomic mass is 9.96. The summed E-state index contributed by atoms with van der Waals surface area (Å²) in [6.45, 7) is 2.08. The Kier molecular flexibility index (Phi) is 6.05. The van der Waals surface area contributed by atoms with Gasteiger partial charge in [0.2, 0.25) is 5.89 Å². The maximum Gasteiger partial charge on any atom is 0.225 e. The van der Waals surface area contributed by atoms with Crippen molar-refractivity contribution < 1.29 is 9.21 Å². The van der Waals surface area contributed by atoms with E-state index < -0.39 is 0 Å². The van der Waals surface area contributed by atoms with Crippen LogP contribution in [-0.2, 0) is 11.2 Å². The van der Waals surface area contributed by atoms with Gasteiger partial charge in [0.25, 0.3) is 0 Å². The molecule has 0 spiro atoms. The zero-order valence-electron chi connectivity index (χ0n) is 16.5. The summed E-state index contributed by atoms with van der Waals surface area (Å²) < 4.78 is 6.41. The molecule has 0 aliphatic heterocycles. The number of allylic oxidation sites excluding steroid dienone is 1. The molecule has 1 aromatic heterocycles. The first-order valence-electron chi connectivity index (χ1n) is 9.65. The summed E-state index contributed by atoms with van der Waals surface area (Å²) in [6, 6.07) is 22.2. The molecule has 0 aliphatic rings. The number of benzene rings is 3. The largest absolute Gasteiger partial charge is 0.445 e. The quantitative estimate of drug-likeness (QED) is 0.295. The third kappa shape index (κ3) is 4.84. The Labute approximate surface area is 184 Å². The lowest BCUT2D eigenvalue weighted by Crippen LogP contribution is -1.98. The van der Waals surface area contributed by atoms with E-state index >= 15 is 0 Å². The van der Waals surface area contributed by atoms with E-state index in [4.69, 9.17) is 4.42 Å². The van der Waals surface area contributed by atoms with E-state index in [0.29, 0.717) is 12.3 Å². The van der Waals surface area contributed by atoms with Crippen molar-refractivity contribution in [3.63, 3.8) is 0 Å². The molecule has 30 heavy (non-hydrogen) atoms. The number of hydrogen-bond donors (Lipinski definition) is 0. The monoisotopic (exact) mass is 457 g/mol. The van der Waals surface area contributed by atoms with Crippen LogP contribution in [0.15, 0.2) is 94.2 Å². The fraction of sp³-hybridized carbons (Fsp3) is 0.0769. The van der Waals surface area contributed by atoms with Gasteiger partial charge in [0.1, 0.15) is 6.26 Å². The maximum absolute atomic E-state index is 12.3. The number of nitrogens with zero attached hydrogens (tertiary/aromatic N) is 1. The Balaban J connectivity index is 1.48. The summed E-state index contributed by atoms with van der Waals surface area (Å²) in [5.41, 5.74) is 6.32. The Morgan fingerprint density at radius 1 is 1.03 bits per heavy atom. The number of oxazole rings is 1. The van der Waals surface area contributed by atoms with E-state index in [-0.39, 0.29) is 5.78 Å². The number of aromatic nitrogens is 1. The average Bonchev–Trinajstić information content (AvgIpc) is 3.28. The van der Waals surface area contributed by atoms with Crippen molar-refractivity contribution in [1.29, 1.82) is 0 Å². The fourth-order valence-electron chi connectivity index (χ4n) is 3.29. The minimum atomic E-state index is 0.0739. The van der Waals surface area contributed by atoms with Crippen LogP contribution in [0.3, 0.4) is 0 Å². The van der Waals surface area contributed by atoms with Crippen LogP contribution in [-0.4, -0.2) is 10.8 Å². The van der Waals surface area contributed by atoms with Crippen molar-refractivity contribution in [1.82, 2.24) is 4.98 Å². The molecule has 148 valence electrons. The summed E-state index contributed by atoms with van der Waals surface area (Å²) in [5.74, 6) is 0.681. The van der Waals surface area contributed by atoms with Crippen LogP contribution < -0.4 is 0 Å². The third-order valence-corrected chi connectivity index (χ3v) is 5.36. The highest BCUT2D eigenvalue weighted by molar-refractivity contribution is 9.10. The van der Waals surface area contributed by atoms with Gasteiger partial charge in [-0.1, -0.05) is 64.5 Å². The van der Waals surface area contributed by atoms with E-state index in [1.807, 2.05) is 48.5 Å². The summed E-state index contributed by atoms with van der Waals surface area (Å²) in [5, 5.41) is 0. The highest BCUT2D eigenvalue weighted by Gasteiger charge is 2.08. The van der Waals surface area contributed by atoms with Crippen molar-refractivity contribution in [2.75, 3.05) is 0 Å². The summed E-state index contributed by atoms with van der Waals surface area (Å²) >= 11 is 3.44. The molecule has 3 aromatic carbocycles. The highest BCUT2D eigenvalue weighted by Crippen LogP contribution is 2.29. The Hall–Kier alpha value is -3.24. The van der Waals surface area contributed by atoms with E-state index in [1.54, 1.807) is 18.5 Å². The normalized spacial score (nSPS) is 11.1. The lowest BCUT2D eigenvalue weighted by Gasteiger charge is -2.09. The van der Waals surface area contributed by atoms with Gasteiger partial charge in [0.15, 0.2) is 5.78 Å². The SMILES string of the molecule is Cc1ccc(-c2ncco2)cc1-c1ccc(CC(=O)/C=C/c2cccc(Br)c2)cc1. The molecular weight excluding hydrogens is 438 g/mol. The van der Waals surface area contributed by atoms with Gasteiger partial charge in [-0.2, -0.15) is 0 Å². The van der Waals surface area contributed by atoms with Gasteiger partial charge in [0.05, 0.1) is 6.20 Å². The van der Waals surface area contributed by atoms with Gasteiger partial charge in [-0.05, 0) is 65.1 Å². The molecule has 0 saturated heterocycles. The van der Waals surface area contributed by atoms with E-state index in [2.05, 4.69) is 52.1 Å². The van der Waals surface area contributed by atoms with E-state index in [0.717, 1.165) is 32.3 Å². The van der Waals surface area contributed by atoms with E-state index in [9.17, 15) is 4.79 Å². The first-order chi connectivity index (χ1) is 14.6.